The smallest absolute Gasteiger partial charge is 0.228 e. The van der Waals surface area contributed by atoms with Crippen molar-refractivity contribution >= 4 is 11.8 Å². The summed E-state index contributed by atoms with van der Waals surface area (Å²) in [7, 11) is 0. The third-order valence-electron chi connectivity index (χ3n) is 6.34. The van der Waals surface area contributed by atoms with Crippen LogP contribution in [0, 0.1) is 17.3 Å². The molecule has 0 aromatic carbocycles. The highest BCUT2D eigenvalue weighted by molar-refractivity contribution is 5.79. The van der Waals surface area contributed by atoms with E-state index in [1.54, 1.807) is 0 Å². The third kappa shape index (κ3) is 3.25. The van der Waals surface area contributed by atoms with Gasteiger partial charge in [0.1, 0.15) is 0 Å². The topological polar surface area (TPSA) is 49.9 Å². The number of rotatable bonds is 3. The van der Waals surface area contributed by atoms with Gasteiger partial charge in [-0.3, -0.25) is 9.59 Å². The Labute approximate surface area is 138 Å². The molecule has 0 aromatic heterocycles. The van der Waals surface area contributed by atoms with Crippen molar-refractivity contribution in [3.05, 3.63) is 0 Å². The van der Waals surface area contributed by atoms with E-state index >= 15 is 0 Å². The minimum atomic E-state index is 0.0864. The van der Waals surface area contributed by atoms with Gasteiger partial charge in [0.05, 0.1) is 12.5 Å². The summed E-state index contributed by atoms with van der Waals surface area (Å²) < 4.78 is 5.36. The second-order valence-corrected chi connectivity index (χ2v) is 8.10. The van der Waals surface area contributed by atoms with Crippen molar-refractivity contribution in [3.63, 3.8) is 0 Å². The molecule has 23 heavy (non-hydrogen) atoms. The molecule has 2 amide bonds. The highest BCUT2D eigenvalue weighted by Gasteiger charge is 2.43. The molecular formula is C18H28N2O3. The number of likely N-dealkylation sites (tertiary alicyclic amines) is 2. The average molecular weight is 320 g/mol. The molecule has 0 bridgehead atoms. The van der Waals surface area contributed by atoms with Crippen LogP contribution in [-0.2, 0) is 14.3 Å². The molecule has 3 heterocycles. The first kappa shape index (κ1) is 15.4. The molecule has 4 rings (SSSR count). The summed E-state index contributed by atoms with van der Waals surface area (Å²) in [6.45, 7) is 4.96. The molecule has 5 heteroatoms. The van der Waals surface area contributed by atoms with E-state index < -0.39 is 0 Å². The van der Waals surface area contributed by atoms with Crippen LogP contribution >= 0.6 is 0 Å². The summed E-state index contributed by atoms with van der Waals surface area (Å²) in [5, 5.41) is 0. The summed E-state index contributed by atoms with van der Waals surface area (Å²) in [5.41, 5.74) is 0.270. The molecule has 4 aliphatic rings. The van der Waals surface area contributed by atoms with Crippen molar-refractivity contribution < 1.29 is 14.3 Å². The maximum Gasteiger partial charge on any atom is 0.228 e. The van der Waals surface area contributed by atoms with E-state index in [-0.39, 0.29) is 11.3 Å². The van der Waals surface area contributed by atoms with E-state index in [0.29, 0.717) is 24.8 Å². The van der Waals surface area contributed by atoms with Gasteiger partial charge in [0.15, 0.2) is 0 Å². The number of hydrogen-bond acceptors (Lipinski definition) is 3. The van der Waals surface area contributed by atoms with E-state index in [1.165, 1.54) is 12.8 Å². The summed E-state index contributed by atoms with van der Waals surface area (Å²) in [5.74, 6) is 1.49. The maximum atomic E-state index is 12.5. The van der Waals surface area contributed by atoms with Gasteiger partial charge in [-0.15, -0.1) is 0 Å². The number of hydrogen-bond donors (Lipinski definition) is 0. The zero-order valence-corrected chi connectivity index (χ0v) is 14.0. The first-order valence-corrected chi connectivity index (χ1v) is 9.30. The summed E-state index contributed by atoms with van der Waals surface area (Å²) >= 11 is 0. The van der Waals surface area contributed by atoms with Crippen LogP contribution in [0.2, 0.25) is 0 Å². The molecule has 4 fully saturated rings. The van der Waals surface area contributed by atoms with Crippen LogP contribution in [0.3, 0.4) is 0 Å². The molecule has 0 N–H and O–H groups in total. The lowest BCUT2D eigenvalue weighted by molar-refractivity contribution is -0.144. The van der Waals surface area contributed by atoms with E-state index in [2.05, 4.69) is 4.90 Å². The summed E-state index contributed by atoms with van der Waals surface area (Å²) in [4.78, 5) is 28.9. The molecule has 3 aliphatic heterocycles. The molecule has 3 saturated heterocycles. The molecule has 128 valence electrons. The first-order valence-electron chi connectivity index (χ1n) is 9.30. The number of ether oxygens (including phenoxy) is 1. The van der Waals surface area contributed by atoms with Gasteiger partial charge in [-0.2, -0.15) is 0 Å². The standard InChI is InChI=1S/C18H28N2O3/c21-16-3-5-18(13-20(16)11-14-1-2-14)6-8-19(9-7-18)17(22)15-4-10-23-12-15/h14-15H,1-13H2/t15-/m1/s1. The zero-order valence-electron chi connectivity index (χ0n) is 14.0. The number of carbonyl (C=O) groups is 2. The van der Waals surface area contributed by atoms with Crippen molar-refractivity contribution in [2.45, 2.75) is 44.9 Å². The van der Waals surface area contributed by atoms with E-state index in [1.807, 2.05) is 4.90 Å². The predicted molar refractivity (Wildman–Crippen MR) is 85.7 cm³/mol. The SMILES string of the molecule is O=C1CCC2(CCN(C(=O)[C@@H]3CCOC3)CC2)CN1CC1CC1. The largest absolute Gasteiger partial charge is 0.381 e. The Balaban J connectivity index is 1.34. The van der Waals surface area contributed by atoms with Crippen molar-refractivity contribution in [1.82, 2.24) is 9.80 Å². The fourth-order valence-electron chi connectivity index (χ4n) is 4.48. The van der Waals surface area contributed by atoms with E-state index in [9.17, 15) is 9.59 Å². The molecule has 0 radical (unpaired) electrons. The Morgan fingerprint density at radius 3 is 2.61 bits per heavy atom. The van der Waals surface area contributed by atoms with Gasteiger partial charge in [-0.05, 0) is 49.9 Å². The maximum absolute atomic E-state index is 12.5. The summed E-state index contributed by atoms with van der Waals surface area (Å²) in [6, 6.07) is 0. The van der Waals surface area contributed by atoms with Gasteiger partial charge in [0.2, 0.25) is 11.8 Å². The fraction of sp³-hybridized carbons (Fsp3) is 0.889. The Bertz CT molecular complexity index is 475. The lowest BCUT2D eigenvalue weighted by atomic mass is 9.72. The minimum absolute atomic E-state index is 0.0864. The quantitative estimate of drug-likeness (QED) is 0.795. The van der Waals surface area contributed by atoms with Gasteiger partial charge >= 0.3 is 0 Å². The minimum Gasteiger partial charge on any atom is -0.381 e. The van der Waals surface area contributed by atoms with Crippen molar-refractivity contribution in [3.8, 4) is 0 Å². The monoisotopic (exact) mass is 320 g/mol. The van der Waals surface area contributed by atoms with Gasteiger partial charge in [0.25, 0.3) is 0 Å². The lowest BCUT2D eigenvalue weighted by Crippen LogP contribution is -2.53. The summed E-state index contributed by atoms with van der Waals surface area (Å²) in [6.07, 6.45) is 7.30. The zero-order chi connectivity index (χ0) is 15.9. The first-order chi connectivity index (χ1) is 11.2. The Morgan fingerprint density at radius 1 is 1.17 bits per heavy atom. The van der Waals surface area contributed by atoms with Gasteiger partial charge in [-0.1, -0.05) is 0 Å². The Morgan fingerprint density at radius 2 is 1.96 bits per heavy atom. The molecule has 1 saturated carbocycles. The lowest BCUT2D eigenvalue weighted by Gasteiger charge is -2.47. The highest BCUT2D eigenvalue weighted by Crippen LogP contribution is 2.42. The van der Waals surface area contributed by atoms with Crippen LogP contribution < -0.4 is 0 Å². The number of nitrogens with zero attached hydrogens (tertiary/aromatic N) is 2. The number of carbonyl (C=O) groups excluding carboxylic acids is 2. The van der Waals surface area contributed by atoms with Gasteiger partial charge in [-0.25, -0.2) is 0 Å². The van der Waals surface area contributed by atoms with Crippen LogP contribution in [0.4, 0.5) is 0 Å². The molecule has 0 aromatic rings. The van der Waals surface area contributed by atoms with Crippen LogP contribution in [0.25, 0.3) is 0 Å². The van der Waals surface area contributed by atoms with E-state index in [4.69, 9.17) is 4.74 Å². The van der Waals surface area contributed by atoms with Gasteiger partial charge in [0, 0.05) is 39.2 Å². The Kier molecular flexibility index (Phi) is 4.08. The molecule has 5 nitrogen and oxygen atoms in total. The second kappa shape index (κ2) is 6.08. The van der Waals surface area contributed by atoms with Crippen molar-refractivity contribution in [2.75, 3.05) is 39.4 Å². The molecular weight excluding hydrogens is 292 g/mol. The van der Waals surface area contributed by atoms with E-state index in [0.717, 1.165) is 64.4 Å². The van der Waals surface area contributed by atoms with Gasteiger partial charge < -0.3 is 14.5 Å². The van der Waals surface area contributed by atoms with Crippen molar-refractivity contribution in [1.29, 1.82) is 0 Å². The number of amides is 2. The molecule has 1 atom stereocenters. The van der Waals surface area contributed by atoms with Crippen LogP contribution in [-0.4, -0.2) is 61.0 Å². The molecule has 1 spiro atoms. The average Bonchev–Trinajstić information content (AvgIpc) is 3.21. The van der Waals surface area contributed by atoms with Crippen molar-refractivity contribution in [2.24, 2.45) is 17.3 Å². The Hall–Kier alpha value is -1.10. The van der Waals surface area contributed by atoms with Crippen LogP contribution in [0.1, 0.15) is 44.9 Å². The molecule has 1 aliphatic carbocycles. The fourth-order valence-corrected chi connectivity index (χ4v) is 4.48. The predicted octanol–water partition coefficient (Wildman–Crippen LogP) is 1.66. The number of piperidine rings is 2. The second-order valence-electron chi connectivity index (χ2n) is 8.10. The molecule has 0 unspecified atom stereocenters. The van der Waals surface area contributed by atoms with Crippen LogP contribution in [0.15, 0.2) is 0 Å². The third-order valence-corrected chi connectivity index (χ3v) is 6.34. The highest BCUT2D eigenvalue weighted by atomic mass is 16.5. The van der Waals surface area contributed by atoms with Crippen LogP contribution in [0.5, 0.6) is 0 Å². The normalized spacial score (nSPS) is 31.0.